The van der Waals surface area contributed by atoms with E-state index in [1.807, 2.05) is 0 Å². The molecule has 0 aliphatic carbocycles. The molecule has 0 aliphatic heterocycles. The fourth-order valence-electron chi connectivity index (χ4n) is 1.27. The Morgan fingerprint density at radius 3 is 2.65 bits per heavy atom. The number of carboxylic acid groups (broad SMARTS) is 1. The number of carbonyl (C=O) groups excluding carboxylic acids is 1. The van der Waals surface area contributed by atoms with Gasteiger partial charge in [0, 0.05) is 6.54 Å². The van der Waals surface area contributed by atoms with E-state index in [0.29, 0.717) is 18.0 Å². The van der Waals surface area contributed by atoms with Crippen LogP contribution in [0.15, 0.2) is 18.2 Å². The molecule has 0 fully saturated rings. The van der Waals surface area contributed by atoms with Crippen molar-refractivity contribution >= 4 is 17.7 Å². The maximum atomic E-state index is 11.3. The maximum absolute atomic E-state index is 11.3. The van der Waals surface area contributed by atoms with Gasteiger partial charge in [-0.3, -0.25) is 0 Å². The molecule has 1 aromatic carbocycles. The van der Waals surface area contributed by atoms with Crippen LogP contribution in [0, 0.1) is 0 Å². The van der Waals surface area contributed by atoms with Crippen molar-refractivity contribution in [3.8, 4) is 5.75 Å². The van der Waals surface area contributed by atoms with Crippen LogP contribution in [-0.4, -0.2) is 30.8 Å². The highest BCUT2D eigenvalue weighted by molar-refractivity contribution is 5.94. The third-order valence-corrected chi connectivity index (χ3v) is 2.03. The standard InChI is InChI=1S/C11H14N2O4/c1-3-12-11(16)13-8-6-7(10(14)15)4-5-9(8)17-2/h4-6H,3H2,1-2H3,(H,14,15)(H2,12,13,16). The summed E-state index contributed by atoms with van der Waals surface area (Å²) in [5, 5.41) is 13.9. The van der Waals surface area contributed by atoms with Gasteiger partial charge in [0.05, 0.1) is 18.4 Å². The molecule has 17 heavy (non-hydrogen) atoms. The zero-order valence-electron chi connectivity index (χ0n) is 9.61. The first kappa shape index (κ1) is 12.8. The van der Waals surface area contributed by atoms with Crippen molar-refractivity contribution in [3.63, 3.8) is 0 Å². The number of hydrogen-bond acceptors (Lipinski definition) is 3. The molecule has 0 aliphatic rings. The topological polar surface area (TPSA) is 87.7 Å². The van der Waals surface area contributed by atoms with Gasteiger partial charge in [-0.25, -0.2) is 9.59 Å². The molecule has 0 saturated carbocycles. The fourth-order valence-corrected chi connectivity index (χ4v) is 1.27. The van der Waals surface area contributed by atoms with Crippen molar-refractivity contribution in [3.05, 3.63) is 23.8 Å². The molecule has 2 amide bonds. The molecule has 0 aromatic heterocycles. The van der Waals surface area contributed by atoms with Crippen LogP contribution in [0.4, 0.5) is 10.5 Å². The van der Waals surface area contributed by atoms with Crippen molar-refractivity contribution in [1.82, 2.24) is 5.32 Å². The van der Waals surface area contributed by atoms with Crippen molar-refractivity contribution in [2.75, 3.05) is 19.0 Å². The molecule has 0 bridgehead atoms. The molecule has 0 unspecified atom stereocenters. The summed E-state index contributed by atoms with van der Waals surface area (Å²) in [7, 11) is 1.44. The largest absolute Gasteiger partial charge is 0.495 e. The summed E-state index contributed by atoms with van der Waals surface area (Å²) >= 11 is 0. The SMILES string of the molecule is CCNC(=O)Nc1cc(C(=O)O)ccc1OC. The Bertz CT molecular complexity index is 431. The number of urea groups is 1. The fraction of sp³-hybridized carbons (Fsp3) is 0.273. The molecule has 92 valence electrons. The number of aromatic carboxylic acids is 1. The van der Waals surface area contributed by atoms with E-state index in [0.717, 1.165) is 0 Å². The minimum Gasteiger partial charge on any atom is -0.495 e. The number of ether oxygens (including phenoxy) is 1. The zero-order chi connectivity index (χ0) is 12.8. The van der Waals surface area contributed by atoms with Crippen LogP contribution in [0.5, 0.6) is 5.75 Å². The second-order valence-corrected chi connectivity index (χ2v) is 3.20. The number of carbonyl (C=O) groups is 2. The monoisotopic (exact) mass is 238 g/mol. The van der Waals surface area contributed by atoms with Gasteiger partial charge in [0.25, 0.3) is 0 Å². The second-order valence-electron chi connectivity index (χ2n) is 3.20. The van der Waals surface area contributed by atoms with Crippen molar-refractivity contribution in [2.45, 2.75) is 6.92 Å². The van der Waals surface area contributed by atoms with Crippen molar-refractivity contribution < 1.29 is 19.4 Å². The normalized spacial score (nSPS) is 9.53. The van der Waals surface area contributed by atoms with Crippen molar-refractivity contribution in [2.24, 2.45) is 0 Å². The number of anilines is 1. The molecule has 1 aromatic rings. The third kappa shape index (κ3) is 3.37. The van der Waals surface area contributed by atoms with Gasteiger partial charge in [-0.1, -0.05) is 0 Å². The zero-order valence-corrected chi connectivity index (χ0v) is 9.61. The Morgan fingerprint density at radius 1 is 1.41 bits per heavy atom. The van der Waals surface area contributed by atoms with Gasteiger partial charge in [-0.05, 0) is 25.1 Å². The predicted octanol–water partition coefficient (Wildman–Crippen LogP) is 1.53. The van der Waals surface area contributed by atoms with E-state index < -0.39 is 12.0 Å². The smallest absolute Gasteiger partial charge is 0.335 e. The van der Waals surface area contributed by atoms with Gasteiger partial charge >= 0.3 is 12.0 Å². The number of amides is 2. The quantitative estimate of drug-likeness (QED) is 0.742. The van der Waals surface area contributed by atoms with Crippen LogP contribution < -0.4 is 15.4 Å². The summed E-state index contributed by atoms with van der Waals surface area (Å²) in [5.41, 5.74) is 0.399. The Hall–Kier alpha value is -2.24. The Kier molecular flexibility index (Phi) is 4.33. The first-order valence-corrected chi connectivity index (χ1v) is 5.04. The molecule has 3 N–H and O–H groups in total. The lowest BCUT2D eigenvalue weighted by Gasteiger charge is -2.11. The minimum atomic E-state index is -1.06. The maximum Gasteiger partial charge on any atom is 0.335 e. The number of methoxy groups -OCH3 is 1. The van der Waals surface area contributed by atoms with Crippen LogP contribution in [0.3, 0.4) is 0 Å². The Balaban J connectivity index is 2.97. The summed E-state index contributed by atoms with van der Waals surface area (Å²) < 4.78 is 5.02. The van der Waals surface area contributed by atoms with Crippen LogP contribution >= 0.6 is 0 Å². The van der Waals surface area contributed by atoms with Crippen LogP contribution in [0.25, 0.3) is 0 Å². The number of nitrogens with one attached hydrogen (secondary N) is 2. The molecule has 0 spiro atoms. The van der Waals surface area contributed by atoms with E-state index in [2.05, 4.69) is 10.6 Å². The van der Waals surface area contributed by atoms with Gasteiger partial charge in [0.15, 0.2) is 0 Å². The van der Waals surface area contributed by atoms with Gasteiger partial charge in [-0.15, -0.1) is 0 Å². The van der Waals surface area contributed by atoms with Gasteiger partial charge in [-0.2, -0.15) is 0 Å². The first-order chi connectivity index (χ1) is 8.08. The lowest BCUT2D eigenvalue weighted by molar-refractivity contribution is 0.0697. The molecule has 1 rings (SSSR count). The molecule has 0 radical (unpaired) electrons. The Morgan fingerprint density at radius 2 is 2.12 bits per heavy atom. The highest BCUT2D eigenvalue weighted by atomic mass is 16.5. The number of benzene rings is 1. The van der Waals surface area contributed by atoms with E-state index in [1.54, 1.807) is 6.92 Å². The number of rotatable bonds is 4. The van der Waals surface area contributed by atoms with E-state index >= 15 is 0 Å². The molecule has 6 heteroatoms. The van der Waals surface area contributed by atoms with Gasteiger partial charge < -0.3 is 20.5 Å². The molecular formula is C11H14N2O4. The van der Waals surface area contributed by atoms with E-state index in [-0.39, 0.29) is 5.56 Å². The molecule has 0 saturated heterocycles. The average Bonchev–Trinajstić information content (AvgIpc) is 2.29. The molecule has 0 atom stereocenters. The van der Waals surface area contributed by atoms with E-state index in [9.17, 15) is 9.59 Å². The highest BCUT2D eigenvalue weighted by Crippen LogP contribution is 2.25. The number of hydrogen-bond donors (Lipinski definition) is 3. The van der Waals surface area contributed by atoms with Crippen LogP contribution in [-0.2, 0) is 0 Å². The lowest BCUT2D eigenvalue weighted by atomic mass is 10.2. The second kappa shape index (κ2) is 5.74. The predicted molar refractivity (Wildman–Crippen MR) is 62.6 cm³/mol. The van der Waals surface area contributed by atoms with Crippen LogP contribution in [0.1, 0.15) is 17.3 Å². The molecular weight excluding hydrogens is 224 g/mol. The van der Waals surface area contributed by atoms with E-state index in [1.165, 1.54) is 25.3 Å². The minimum absolute atomic E-state index is 0.0811. The van der Waals surface area contributed by atoms with Gasteiger partial charge in [0.2, 0.25) is 0 Å². The lowest BCUT2D eigenvalue weighted by Crippen LogP contribution is -2.28. The summed E-state index contributed by atoms with van der Waals surface area (Å²) in [6.45, 7) is 2.26. The van der Waals surface area contributed by atoms with Crippen molar-refractivity contribution in [1.29, 1.82) is 0 Å². The summed E-state index contributed by atoms with van der Waals surface area (Å²) in [5.74, 6) is -0.659. The third-order valence-electron chi connectivity index (χ3n) is 2.03. The molecule has 6 nitrogen and oxygen atoms in total. The van der Waals surface area contributed by atoms with E-state index in [4.69, 9.17) is 9.84 Å². The summed E-state index contributed by atoms with van der Waals surface area (Å²) in [4.78, 5) is 22.1. The average molecular weight is 238 g/mol. The highest BCUT2D eigenvalue weighted by Gasteiger charge is 2.10. The first-order valence-electron chi connectivity index (χ1n) is 5.04. The Labute approximate surface area is 98.6 Å². The summed E-state index contributed by atoms with van der Waals surface area (Å²) in [6, 6.07) is 3.83. The van der Waals surface area contributed by atoms with Gasteiger partial charge in [0.1, 0.15) is 5.75 Å². The molecule has 0 heterocycles. The van der Waals surface area contributed by atoms with Crippen LogP contribution in [0.2, 0.25) is 0 Å². The summed E-state index contributed by atoms with van der Waals surface area (Å²) in [6.07, 6.45) is 0. The number of carboxylic acids is 1.